The smallest absolute Gasteiger partial charge is 0.435 e. The normalized spacial score (nSPS) is 16.1. The number of alkyl halides is 3. The number of amides is 1. The lowest BCUT2D eigenvalue weighted by Crippen LogP contribution is -2.51. The maximum absolute atomic E-state index is 12.3. The summed E-state index contributed by atoms with van der Waals surface area (Å²) in [4.78, 5) is 23.6. The summed E-state index contributed by atoms with van der Waals surface area (Å²) in [5.74, 6) is -1.38. The molecule has 0 bridgehead atoms. The molecule has 0 unspecified atom stereocenters. The first-order chi connectivity index (χ1) is 9.25. The van der Waals surface area contributed by atoms with Gasteiger partial charge in [0.15, 0.2) is 5.69 Å². The molecule has 110 valence electrons. The summed E-state index contributed by atoms with van der Waals surface area (Å²) in [5, 5.41) is 11.8. The summed E-state index contributed by atoms with van der Waals surface area (Å²) in [6.45, 7) is 0.354. The van der Waals surface area contributed by atoms with Gasteiger partial charge in [0.25, 0.3) is 0 Å². The summed E-state index contributed by atoms with van der Waals surface area (Å²) < 4.78 is 37.9. The topological polar surface area (TPSA) is 75.4 Å². The number of carboxylic acids is 1. The summed E-state index contributed by atoms with van der Waals surface area (Å²) >= 11 is 0. The van der Waals surface area contributed by atoms with Crippen LogP contribution < -0.4 is 0 Å². The number of aliphatic carboxylic acids is 1. The summed E-state index contributed by atoms with van der Waals surface area (Å²) in [6.07, 6.45) is -3.45. The van der Waals surface area contributed by atoms with Crippen molar-refractivity contribution in [1.29, 1.82) is 0 Å². The van der Waals surface area contributed by atoms with E-state index >= 15 is 0 Å². The van der Waals surface area contributed by atoms with Crippen molar-refractivity contribution in [3.63, 3.8) is 0 Å². The van der Waals surface area contributed by atoms with Crippen LogP contribution in [0.3, 0.4) is 0 Å². The van der Waals surface area contributed by atoms with E-state index in [1.807, 2.05) is 0 Å². The van der Waals surface area contributed by atoms with Gasteiger partial charge in [-0.1, -0.05) is 0 Å². The molecule has 1 saturated heterocycles. The molecule has 1 aliphatic rings. The number of hydrogen-bond donors (Lipinski definition) is 1. The first kappa shape index (κ1) is 14.4. The minimum Gasteiger partial charge on any atom is -0.481 e. The van der Waals surface area contributed by atoms with E-state index in [0.717, 1.165) is 16.9 Å². The molecule has 1 aromatic heterocycles. The zero-order valence-corrected chi connectivity index (χ0v) is 10.3. The molecule has 1 N–H and O–H groups in total. The number of likely N-dealkylation sites (tertiary alicyclic amines) is 1. The molecule has 1 fully saturated rings. The molecule has 9 heteroatoms. The molecule has 2 heterocycles. The molecular formula is C11H12F3N3O3. The predicted octanol–water partition coefficient (Wildman–Crippen LogP) is 0.835. The molecule has 6 nitrogen and oxygen atoms in total. The third-order valence-corrected chi connectivity index (χ3v) is 3.00. The lowest BCUT2D eigenvalue weighted by molar-refractivity contribution is -0.145. The standard InChI is InChI=1S/C11H12F3N3O3/c12-11(13,14)8-1-2-17(15-8)6-9(18)16-4-7(5-16)3-10(19)20/h1-2,7H,3-6H2,(H,19,20). The molecular weight excluding hydrogens is 279 g/mol. The molecule has 1 aliphatic heterocycles. The summed E-state index contributed by atoms with van der Waals surface area (Å²) in [6, 6.07) is 0.802. The largest absolute Gasteiger partial charge is 0.481 e. The Kier molecular flexibility index (Phi) is 3.69. The number of carbonyl (C=O) groups excluding carboxylic acids is 1. The van der Waals surface area contributed by atoms with Crippen LogP contribution in [0.15, 0.2) is 12.3 Å². The Bertz CT molecular complexity index is 520. The van der Waals surface area contributed by atoms with Crippen LogP contribution in [0, 0.1) is 5.92 Å². The quantitative estimate of drug-likeness (QED) is 0.891. The molecule has 0 spiro atoms. The number of nitrogens with zero attached hydrogens (tertiary/aromatic N) is 3. The minimum absolute atomic E-state index is 0.0101. The van der Waals surface area contributed by atoms with Gasteiger partial charge in [0.2, 0.25) is 5.91 Å². The van der Waals surface area contributed by atoms with E-state index in [-0.39, 0.29) is 24.8 Å². The van der Waals surface area contributed by atoms with Crippen LogP contribution in [0.5, 0.6) is 0 Å². The van der Waals surface area contributed by atoms with E-state index in [2.05, 4.69) is 5.10 Å². The van der Waals surface area contributed by atoms with Crippen LogP contribution >= 0.6 is 0 Å². The second-order valence-electron chi connectivity index (χ2n) is 4.66. The SMILES string of the molecule is O=C(O)CC1CN(C(=O)Cn2ccc(C(F)(F)F)n2)C1. The predicted molar refractivity (Wildman–Crippen MR) is 59.6 cm³/mol. The monoisotopic (exact) mass is 291 g/mol. The lowest BCUT2D eigenvalue weighted by Gasteiger charge is -2.38. The molecule has 0 aromatic carbocycles. The van der Waals surface area contributed by atoms with Crippen molar-refractivity contribution in [1.82, 2.24) is 14.7 Å². The third-order valence-electron chi connectivity index (χ3n) is 3.00. The van der Waals surface area contributed by atoms with E-state index in [1.165, 1.54) is 4.90 Å². The van der Waals surface area contributed by atoms with Crippen molar-refractivity contribution >= 4 is 11.9 Å². The molecule has 0 radical (unpaired) electrons. The van der Waals surface area contributed by atoms with Crippen LogP contribution in [0.2, 0.25) is 0 Å². The highest BCUT2D eigenvalue weighted by Gasteiger charge is 2.35. The molecule has 0 atom stereocenters. The zero-order chi connectivity index (χ0) is 14.9. The van der Waals surface area contributed by atoms with Crippen molar-refractivity contribution in [2.75, 3.05) is 13.1 Å². The number of halogens is 3. The van der Waals surface area contributed by atoms with E-state index in [9.17, 15) is 22.8 Å². The van der Waals surface area contributed by atoms with Gasteiger partial charge in [-0.3, -0.25) is 14.3 Å². The van der Waals surface area contributed by atoms with Crippen LogP contribution in [-0.4, -0.2) is 44.8 Å². The Balaban J connectivity index is 1.84. The Hall–Kier alpha value is -2.06. The molecule has 20 heavy (non-hydrogen) atoms. The summed E-state index contributed by atoms with van der Waals surface area (Å²) in [5.41, 5.74) is -1.04. The van der Waals surface area contributed by atoms with Crippen LogP contribution in [0.4, 0.5) is 13.2 Å². The highest BCUT2D eigenvalue weighted by atomic mass is 19.4. The fourth-order valence-electron chi connectivity index (χ4n) is 1.99. The van der Waals surface area contributed by atoms with E-state index < -0.39 is 17.8 Å². The first-order valence-corrected chi connectivity index (χ1v) is 5.86. The van der Waals surface area contributed by atoms with Gasteiger partial charge in [0.1, 0.15) is 6.54 Å². The van der Waals surface area contributed by atoms with Crippen LogP contribution in [-0.2, 0) is 22.3 Å². The number of carbonyl (C=O) groups is 2. The second kappa shape index (κ2) is 5.14. The van der Waals surface area contributed by atoms with Gasteiger partial charge in [-0.2, -0.15) is 18.3 Å². The average molecular weight is 291 g/mol. The molecule has 2 rings (SSSR count). The van der Waals surface area contributed by atoms with E-state index in [0.29, 0.717) is 13.1 Å². The van der Waals surface area contributed by atoms with Crippen molar-refractivity contribution in [2.24, 2.45) is 5.92 Å². The molecule has 1 amide bonds. The van der Waals surface area contributed by atoms with Crippen molar-refractivity contribution in [2.45, 2.75) is 19.1 Å². The van der Waals surface area contributed by atoms with Crippen molar-refractivity contribution < 1.29 is 27.9 Å². The lowest BCUT2D eigenvalue weighted by atomic mass is 9.96. The number of rotatable bonds is 4. The number of hydrogen-bond acceptors (Lipinski definition) is 3. The van der Waals surface area contributed by atoms with Gasteiger partial charge < -0.3 is 10.0 Å². The Morgan fingerprint density at radius 2 is 2.05 bits per heavy atom. The fourth-order valence-corrected chi connectivity index (χ4v) is 1.99. The van der Waals surface area contributed by atoms with Gasteiger partial charge in [0.05, 0.1) is 6.42 Å². The number of aromatic nitrogens is 2. The highest BCUT2D eigenvalue weighted by molar-refractivity contribution is 5.77. The highest BCUT2D eigenvalue weighted by Crippen LogP contribution is 2.27. The number of carboxylic acid groups (broad SMARTS) is 1. The second-order valence-corrected chi connectivity index (χ2v) is 4.66. The zero-order valence-electron chi connectivity index (χ0n) is 10.3. The summed E-state index contributed by atoms with van der Waals surface area (Å²) in [7, 11) is 0. The van der Waals surface area contributed by atoms with Crippen molar-refractivity contribution in [3.05, 3.63) is 18.0 Å². The Morgan fingerprint density at radius 1 is 1.40 bits per heavy atom. The molecule has 0 aliphatic carbocycles. The first-order valence-electron chi connectivity index (χ1n) is 5.86. The molecule has 1 aromatic rings. The van der Waals surface area contributed by atoms with Crippen LogP contribution in [0.1, 0.15) is 12.1 Å². The molecule has 0 saturated carbocycles. The minimum atomic E-state index is -4.53. The van der Waals surface area contributed by atoms with Gasteiger partial charge in [-0.25, -0.2) is 0 Å². The van der Waals surface area contributed by atoms with Crippen molar-refractivity contribution in [3.8, 4) is 0 Å². The van der Waals surface area contributed by atoms with E-state index in [1.54, 1.807) is 0 Å². The third kappa shape index (κ3) is 3.28. The fraction of sp³-hybridized carbons (Fsp3) is 0.545. The maximum Gasteiger partial charge on any atom is 0.435 e. The maximum atomic E-state index is 12.3. The van der Waals surface area contributed by atoms with E-state index in [4.69, 9.17) is 5.11 Å². The van der Waals surface area contributed by atoms with Gasteiger partial charge in [-0.15, -0.1) is 0 Å². The Labute approximate surface area is 111 Å². The van der Waals surface area contributed by atoms with Gasteiger partial charge >= 0.3 is 12.1 Å². The average Bonchev–Trinajstić information content (AvgIpc) is 2.70. The Morgan fingerprint density at radius 3 is 2.55 bits per heavy atom. The van der Waals surface area contributed by atoms with Gasteiger partial charge in [0, 0.05) is 25.2 Å². The van der Waals surface area contributed by atoms with Crippen LogP contribution in [0.25, 0.3) is 0 Å². The van der Waals surface area contributed by atoms with Gasteiger partial charge in [-0.05, 0) is 6.07 Å².